The summed E-state index contributed by atoms with van der Waals surface area (Å²) in [5.41, 5.74) is 1.56. The van der Waals surface area contributed by atoms with Crippen molar-refractivity contribution >= 4 is 50.8 Å². The molecule has 0 fully saturated rings. The third-order valence-electron chi connectivity index (χ3n) is 3.39. The lowest BCUT2D eigenvalue weighted by Crippen LogP contribution is -2.33. The van der Waals surface area contributed by atoms with Crippen LogP contribution in [0, 0.1) is 5.92 Å². The Morgan fingerprint density at radius 3 is 2.81 bits per heavy atom. The lowest BCUT2D eigenvalue weighted by Gasteiger charge is -2.08. The van der Waals surface area contributed by atoms with Crippen LogP contribution in [0.4, 0.5) is 5.69 Å². The summed E-state index contributed by atoms with van der Waals surface area (Å²) in [5, 5.41) is 5.42. The van der Waals surface area contributed by atoms with Gasteiger partial charge in [-0.1, -0.05) is 25.6 Å². The highest BCUT2D eigenvalue weighted by atomic mass is 32.2. The smallest absolute Gasteiger partial charge is 0.243 e. The Balaban J connectivity index is 1.84. The second-order valence-corrected chi connectivity index (χ2v) is 8.45. The summed E-state index contributed by atoms with van der Waals surface area (Å²) in [5.74, 6) is 0.409. The first kappa shape index (κ1) is 21.6. The maximum absolute atomic E-state index is 12.0. The summed E-state index contributed by atoms with van der Waals surface area (Å²) < 4.78 is 12.3. The molecule has 0 bridgehead atoms. The van der Waals surface area contributed by atoms with Crippen LogP contribution in [0.2, 0.25) is 0 Å². The molecule has 0 aliphatic carbocycles. The predicted octanol–water partition coefficient (Wildman–Crippen LogP) is 3.11. The molecule has 1 heterocycles. The number of nitrogens with zero attached hydrogens (tertiary/aromatic N) is 1. The molecule has 9 heteroatoms. The molecule has 1 aromatic carbocycles. The summed E-state index contributed by atoms with van der Waals surface area (Å²) in [7, 11) is 1.64. The van der Waals surface area contributed by atoms with Crippen molar-refractivity contribution in [3.05, 3.63) is 18.2 Å². The summed E-state index contributed by atoms with van der Waals surface area (Å²) in [6, 6.07) is 5.56. The van der Waals surface area contributed by atoms with E-state index in [9.17, 15) is 9.59 Å². The molecule has 148 valence electrons. The zero-order valence-corrected chi connectivity index (χ0v) is 17.4. The van der Waals surface area contributed by atoms with Crippen LogP contribution in [0.25, 0.3) is 10.2 Å². The lowest BCUT2D eigenvalue weighted by molar-refractivity contribution is -0.124. The van der Waals surface area contributed by atoms with Gasteiger partial charge in [-0.15, -0.1) is 11.3 Å². The average molecular weight is 412 g/mol. The van der Waals surface area contributed by atoms with Crippen molar-refractivity contribution in [3.63, 3.8) is 0 Å². The zero-order chi connectivity index (χ0) is 19.6. The molecule has 27 heavy (non-hydrogen) atoms. The summed E-state index contributed by atoms with van der Waals surface area (Å²) in [6.45, 7) is 5.01. The molecule has 0 aliphatic heterocycles. The van der Waals surface area contributed by atoms with Crippen LogP contribution >= 0.6 is 23.1 Å². The minimum atomic E-state index is -0.253. The molecular formula is C18H25N3O4S2. The van der Waals surface area contributed by atoms with Crippen molar-refractivity contribution in [1.29, 1.82) is 0 Å². The highest BCUT2D eigenvalue weighted by Gasteiger charge is 2.10. The number of fused-ring (bicyclic) bond motifs is 1. The molecule has 2 rings (SSSR count). The second-order valence-electron chi connectivity index (χ2n) is 6.25. The van der Waals surface area contributed by atoms with E-state index < -0.39 is 0 Å². The maximum atomic E-state index is 12.0. The zero-order valence-electron chi connectivity index (χ0n) is 15.7. The van der Waals surface area contributed by atoms with Crippen LogP contribution in [0.1, 0.15) is 20.3 Å². The van der Waals surface area contributed by atoms with Gasteiger partial charge >= 0.3 is 0 Å². The third kappa shape index (κ3) is 7.84. The Labute approximate surface area is 167 Å². The van der Waals surface area contributed by atoms with E-state index in [1.165, 1.54) is 11.8 Å². The quantitative estimate of drug-likeness (QED) is 0.335. The van der Waals surface area contributed by atoms with Crippen LogP contribution in [-0.2, 0) is 19.1 Å². The Hall–Kier alpha value is -1.68. The number of thioether (sulfide) groups is 1. The first-order chi connectivity index (χ1) is 13.0. The highest BCUT2D eigenvalue weighted by Crippen LogP contribution is 2.31. The summed E-state index contributed by atoms with van der Waals surface area (Å²) >= 11 is 3.07. The topological polar surface area (TPSA) is 89.6 Å². The SMILES string of the molecule is COCCOCSc1nc2ccc(NC(=O)CNC(=O)CC(C)C)cc2s1. The van der Waals surface area contributed by atoms with E-state index in [1.807, 2.05) is 26.0 Å². The van der Waals surface area contributed by atoms with Crippen LogP contribution in [-0.4, -0.2) is 49.6 Å². The van der Waals surface area contributed by atoms with Gasteiger partial charge in [0.25, 0.3) is 0 Å². The number of thiazole rings is 1. The first-order valence-corrected chi connectivity index (χ1v) is 10.4. The highest BCUT2D eigenvalue weighted by molar-refractivity contribution is 8.01. The van der Waals surface area contributed by atoms with Gasteiger partial charge in [-0.05, 0) is 24.1 Å². The van der Waals surface area contributed by atoms with E-state index in [1.54, 1.807) is 24.5 Å². The number of hydrogen-bond donors (Lipinski definition) is 2. The van der Waals surface area contributed by atoms with Crippen LogP contribution in [0.15, 0.2) is 22.5 Å². The van der Waals surface area contributed by atoms with E-state index in [-0.39, 0.29) is 24.3 Å². The fourth-order valence-electron chi connectivity index (χ4n) is 2.16. The Kier molecular flexibility index (Phi) is 8.99. The van der Waals surface area contributed by atoms with Gasteiger partial charge in [0.05, 0.1) is 35.9 Å². The van der Waals surface area contributed by atoms with E-state index >= 15 is 0 Å². The standard InChI is InChI=1S/C18H25N3O4S2/c1-12(2)8-16(22)19-10-17(23)20-13-4-5-14-15(9-13)27-18(21-14)26-11-25-7-6-24-3/h4-5,9,12H,6-8,10-11H2,1-3H3,(H,19,22)(H,20,23). The van der Waals surface area contributed by atoms with Crippen LogP contribution in [0.5, 0.6) is 0 Å². The van der Waals surface area contributed by atoms with Gasteiger partial charge in [-0.25, -0.2) is 4.98 Å². The predicted molar refractivity (Wildman–Crippen MR) is 109 cm³/mol. The number of ether oxygens (including phenoxy) is 2. The molecule has 2 N–H and O–H groups in total. The van der Waals surface area contributed by atoms with Gasteiger partial charge in [0, 0.05) is 19.2 Å². The first-order valence-electron chi connectivity index (χ1n) is 8.64. The molecule has 0 saturated heterocycles. The number of benzene rings is 1. The number of anilines is 1. The summed E-state index contributed by atoms with van der Waals surface area (Å²) in [4.78, 5) is 28.2. The molecule has 0 spiro atoms. The Morgan fingerprint density at radius 2 is 2.07 bits per heavy atom. The van der Waals surface area contributed by atoms with Crippen molar-refractivity contribution in [1.82, 2.24) is 10.3 Å². The van der Waals surface area contributed by atoms with E-state index in [4.69, 9.17) is 9.47 Å². The number of hydrogen-bond acceptors (Lipinski definition) is 7. The molecule has 0 atom stereocenters. The number of carbonyl (C=O) groups excluding carboxylic acids is 2. The van der Waals surface area contributed by atoms with Crippen LogP contribution in [0.3, 0.4) is 0 Å². The van der Waals surface area contributed by atoms with Crippen LogP contribution < -0.4 is 10.6 Å². The molecule has 0 unspecified atom stereocenters. The van der Waals surface area contributed by atoms with Gasteiger partial charge in [0.15, 0.2) is 4.34 Å². The van der Waals surface area contributed by atoms with Gasteiger partial charge < -0.3 is 20.1 Å². The molecule has 1 aromatic heterocycles. The van der Waals surface area contributed by atoms with Crippen molar-refractivity contribution in [2.75, 3.05) is 38.1 Å². The largest absolute Gasteiger partial charge is 0.382 e. The van der Waals surface area contributed by atoms with Gasteiger partial charge in [0.2, 0.25) is 11.8 Å². The normalized spacial score (nSPS) is 11.1. The molecular weight excluding hydrogens is 386 g/mol. The van der Waals surface area contributed by atoms with Crippen molar-refractivity contribution < 1.29 is 19.1 Å². The fraction of sp³-hybridized carbons (Fsp3) is 0.500. The van der Waals surface area contributed by atoms with E-state index in [0.717, 1.165) is 14.6 Å². The molecule has 0 aliphatic rings. The second kappa shape index (κ2) is 11.2. The third-order valence-corrected chi connectivity index (χ3v) is 5.43. The number of nitrogens with one attached hydrogen (secondary N) is 2. The Morgan fingerprint density at radius 1 is 1.26 bits per heavy atom. The minimum Gasteiger partial charge on any atom is -0.382 e. The molecule has 7 nitrogen and oxygen atoms in total. The number of aromatic nitrogens is 1. The van der Waals surface area contributed by atoms with Gasteiger partial charge in [0.1, 0.15) is 0 Å². The number of methoxy groups -OCH3 is 1. The lowest BCUT2D eigenvalue weighted by atomic mass is 10.1. The number of carbonyl (C=O) groups is 2. The minimum absolute atomic E-state index is 0.0355. The van der Waals surface area contributed by atoms with E-state index in [2.05, 4.69) is 15.6 Å². The summed E-state index contributed by atoms with van der Waals surface area (Å²) in [6.07, 6.45) is 0.412. The average Bonchev–Trinajstić information content (AvgIpc) is 3.01. The molecule has 2 aromatic rings. The maximum Gasteiger partial charge on any atom is 0.243 e. The number of amides is 2. The molecule has 0 saturated carbocycles. The monoisotopic (exact) mass is 411 g/mol. The fourth-order valence-corrected chi connectivity index (χ4v) is 4.01. The molecule has 0 radical (unpaired) electrons. The van der Waals surface area contributed by atoms with Gasteiger partial charge in [-0.2, -0.15) is 0 Å². The van der Waals surface area contributed by atoms with Crippen molar-refractivity contribution in [3.8, 4) is 0 Å². The number of rotatable bonds is 11. The van der Waals surface area contributed by atoms with Gasteiger partial charge in [-0.3, -0.25) is 9.59 Å². The van der Waals surface area contributed by atoms with Crippen molar-refractivity contribution in [2.24, 2.45) is 5.92 Å². The molecule has 2 amide bonds. The Bertz CT molecular complexity index is 764. The van der Waals surface area contributed by atoms with Crippen molar-refractivity contribution in [2.45, 2.75) is 24.6 Å². The van der Waals surface area contributed by atoms with E-state index in [0.29, 0.717) is 31.3 Å².